The summed E-state index contributed by atoms with van der Waals surface area (Å²) in [7, 11) is 0. The predicted octanol–water partition coefficient (Wildman–Crippen LogP) is 4.07. The van der Waals surface area contributed by atoms with Crippen LogP contribution in [0.4, 0.5) is 11.4 Å². The number of hydrogen-bond acceptors (Lipinski definition) is 5. The molecule has 3 aromatic rings. The number of carbonyl (C=O) groups is 2. The van der Waals surface area contributed by atoms with E-state index < -0.39 is 0 Å². The first-order valence-electron chi connectivity index (χ1n) is 10.9. The highest BCUT2D eigenvalue weighted by molar-refractivity contribution is 7.12. The second-order valence-electron chi connectivity index (χ2n) is 7.75. The van der Waals surface area contributed by atoms with Gasteiger partial charge in [0.25, 0.3) is 11.8 Å². The molecule has 0 saturated carbocycles. The molecule has 4 rings (SSSR count). The predicted molar refractivity (Wildman–Crippen MR) is 131 cm³/mol. The molecule has 0 unspecified atom stereocenters. The standard InChI is InChI=1S/C25H28N4O2S/c1-2-28-13-15-29(16-14-28)22-7-4-3-6-21(22)27-24(30)20-11-9-19(10-12-20)18-26-25(31)23-8-5-17-32-23/h3-12,17H,2,13-16,18H2,1H3,(H,26,31)(H,27,30). The van der Waals surface area contributed by atoms with Gasteiger partial charge >= 0.3 is 0 Å². The smallest absolute Gasteiger partial charge is 0.261 e. The van der Waals surface area contributed by atoms with Gasteiger partial charge in [0.2, 0.25) is 0 Å². The van der Waals surface area contributed by atoms with Gasteiger partial charge in [0.1, 0.15) is 0 Å². The van der Waals surface area contributed by atoms with Crippen molar-refractivity contribution >= 4 is 34.5 Å². The molecule has 166 valence electrons. The third-order valence-corrected chi connectivity index (χ3v) is 6.60. The van der Waals surface area contributed by atoms with Crippen LogP contribution in [-0.4, -0.2) is 49.4 Å². The van der Waals surface area contributed by atoms with Gasteiger partial charge in [-0.05, 0) is 47.8 Å². The molecule has 0 atom stereocenters. The summed E-state index contributed by atoms with van der Waals surface area (Å²) < 4.78 is 0. The average molecular weight is 449 g/mol. The maximum absolute atomic E-state index is 12.9. The van der Waals surface area contributed by atoms with Crippen molar-refractivity contribution in [3.63, 3.8) is 0 Å². The Morgan fingerprint density at radius 1 is 0.906 bits per heavy atom. The molecule has 2 aromatic carbocycles. The van der Waals surface area contributed by atoms with Crippen LogP contribution in [0.5, 0.6) is 0 Å². The molecule has 6 nitrogen and oxygen atoms in total. The van der Waals surface area contributed by atoms with Gasteiger partial charge in [-0.3, -0.25) is 9.59 Å². The van der Waals surface area contributed by atoms with Gasteiger partial charge in [0.15, 0.2) is 0 Å². The Balaban J connectivity index is 1.36. The minimum absolute atomic E-state index is 0.0850. The molecular formula is C25H28N4O2S. The number of nitrogens with one attached hydrogen (secondary N) is 2. The van der Waals surface area contributed by atoms with Gasteiger partial charge in [0, 0.05) is 38.3 Å². The Morgan fingerprint density at radius 3 is 2.34 bits per heavy atom. The molecule has 1 aliphatic rings. The van der Waals surface area contributed by atoms with Crippen LogP contribution in [0.3, 0.4) is 0 Å². The summed E-state index contributed by atoms with van der Waals surface area (Å²) in [6, 6.07) is 19.0. The third-order valence-electron chi connectivity index (χ3n) is 5.73. The number of thiophene rings is 1. The number of benzene rings is 2. The summed E-state index contributed by atoms with van der Waals surface area (Å²) in [5, 5.41) is 7.86. The summed E-state index contributed by atoms with van der Waals surface area (Å²) >= 11 is 1.42. The quantitative estimate of drug-likeness (QED) is 0.572. The molecule has 2 N–H and O–H groups in total. The van der Waals surface area contributed by atoms with E-state index in [2.05, 4.69) is 33.4 Å². The normalized spacial score (nSPS) is 14.2. The molecule has 2 amide bonds. The number of likely N-dealkylation sites (N-methyl/N-ethyl adjacent to an activating group) is 1. The van der Waals surface area contributed by atoms with Crippen LogP contribution in [0, 0.1) is 0 Å². The number of rotatable bonds is 7. The largest absolute Gasteiger partial charge is 0.367 e. The van der Waals surface area contributed by atoms with E-state index in [4.69, 9.17) is 0 Å². The van der Waals surface area contributed by atoms with Crippen molar-refractivity contribution in [2.75, 3.05) is 42.9 Å². The first-order chi connectivity index (χ1) is 15.6. The van der Waals surface area contributed by atoms with E-state index in [0.29, 0.717) is 17.0 Å². The van der Waals surface area contributed by atoms with E-state index >= 15 is 0 Å². The van der Waals surface area contributed by atoms with E-state index in [1.165, 1.54) is 11.3 Å². The lowest BCUT2D eigenvalue weighted by Crippen LogP contribution is -2.46. The maximum atomic E-state index is 12.9. The number of nitrogens with zero attached hydrogens (tertiary/aromatic N) is 2. The zero-order valence-electron chi connectivity index (χ0n) is 18.2. The SMILES string of the molecule is CCN1CCN(c2ccccc2NC(=O)c2ccc(CNC(=O)c3cccs3)cc2)CC1. The summed E-state index contributed by atoms with van der Waals surface area (Å²) in [6.07, 6.45) is 0. The van der Waals surface area contributed by atoms with Crippen molar-refractivity contribution in [2.45, 2.75) is 13.5 Å². The summed E-state index contributed by atoms with van der Waals surface area (Å²) in [6.45, 7) is 7.64. The van der Waals surface area contributed by atoms with Crippen molar-refractivity contribution in [3.8, 4) is 0 Å². The number of piperazine rings is 1. The van der Waals surface area contributed by atoms with Crippen molar-refractivity contribution in [3.05, 3.63) is 82.0 Å². The van der Waals surface area contributed by atoms with Crippen LogP contribution in [-0.2, 0) is 6.54 Å². The van der Waals surface area contributed by atoms with Crippen molar-refractivity contribution < 1.29 is 9.59 Å². The van der Waals surface area contributed by atoms with Gasteiger partial charge in [0.05, 0.1) is 16.3 Å². The zero-order valence-corrected chi connectivity index (χ0v) is 19.0. The molecule has 1 saturated heterocycles. The average Bonchev–Trinajstić information content (AvgIpc) is 3.38. The van der Waals surface area contributed by atoms with Crippen LogP contribution < -0.4 is 15.5 Å². The second-order valence-corrected chi connectivity index (χ2v) is 8.70. The molecule has 2 heterocycles. The number of para-hydroxylation sites is 2. The fraction of sp³-hybridized carbons (Fsp3) is 0.280. The highest BCUT2D eigenvalue weighted by Gasteiger charge is 2.19. The fourth-order valence-electron chi connectivity index (χ4n) is 3.81. The van der Waals surface area contributed by atoms with Crippen LogP contribution in [0.25, 0.3) is 0 Å². The molecule has 0 bridgehead atoms. The molecule has 7 heteroatoms. The molecule has 0 radical (unpaired) electrons. The van der Waals surface area contributed by atoms with Crippen LogP contribution >= 0.6 is 11.3 Å². The minimum atomic E-state index is -0.140. The molecule has 32 heavy (non-hydrogen) atoms. The lowest BCUT2D eigenvalue weighted by Gasteiger charge is -2.36. The highest BCUT2D eigenvalue weighted by Crippen LogP contribution is 2.27. The lowest BCUT2D eigenvalue weighted by atomic mass is 10.1. The minimum Gasteiger partial charge on any atom is -0.367 e. The van der Waals surface area contributed by atoms with Gasteiger partial charge in [-0.1, -0.05) is 37.3 Å². The maximum Gasteiger partial charge on any atom is 0.261 e. The van der Waals surface area contributed by atoms with Crippen molar-refractivity contribution in [1.29, 1.82) is 0 Å². The van der Waals surface area contributed by atoms with Crippen LogP contribution in [0.1, 0.15) is 32.5 Å². The van der Waals surface area contributed by atoms with Crippen molar-refractivity contribution in [2.24, 2.45) is 0 Å². The first-order valence-corrected chi connectivity index (χ1v) is 11.8. The van der Waals surface area contributed by atoms with E-state index in [9.17, 15) is 9.59 Å². The van der Waals surface area contributed by atoms with Crippen LogP contribution in [0.15, 0.2) is 66.0 Å². The molecule has 1 fully saturated rings. The number of hydrogen-bond donors (Lipinski definition) is 2. The van der Waals surface area contributed by atoms with E-state index in [-0.39, 0.29) is 11.8 Å². The van der Waals surface area contributed by atoms with Gasteiger partial charge < -0.3 is 20.4 Å². The molecular weight excluding hydrogens is 420 g/mol. The summed E-state index contributed by atoms with van der Waals surface area (Å²) in [5.41, 5.74) is 3.42. The fourth-order valence-corrected chi connectivity index (χ4v) is 4.45. The Morgan fingerprint density at radius 2 is 1.66 bits per heavy atom. The van der Waals surface area contributed by atoms with E-state index in [0.717, 1.165) is 49.7 Å². The van der Waals surface area contributed by atoms with Gasteiger partial charge in [-0.2, -0.15) is 0 Å². The lowest BCUT2D eigenvalue weighted by molar-refractivity contribution is 0.0953. The summed E-state index contributed by atoms with van der Waals surface area (Å²) in [4.78, 5) is 30.4. The number of amides is 2. The van der Waals surface area contributed by atoms with Crippen LogP contribution in [0.2, 0.25) is 0 Å². The molecule has 0 aliphatic carbocycles. The third kappa shape index (κ3) is 5.36. The van der Waals surface area contributed by atoms with Crippen molar-refractivity contribution in [1.82, 2.24) is 10.2 Å². The zero-order chi connectivity index (χ0) is 22.3. The molecule has 1 aromatic heterocycles. The Labute approximate surface area is 192 Å². The number of carbonyl (C=O) groups excluding carboxylic acids is 2. The topological polar surface area (TPSA) is 64.7 Å². The first kappa shape index (κ1) is 22.0. The Hall–Kier alpha value is -3.16. The second kappa shape index (κ2) is 10.4. The van der Waals surface area contributed by atoms with Gasteiger partial charge in [-0.25, -0.2) is 0 Å². The highest BCUT2D eigenvalue weighted by atomic mass is 32.1. The monoisotopic (exact) mass is 448 g/mol. The Bertz CT molecular complexity index is 1040. The number of anilines is 2. The van der Waals surface area contributed by atoms with E-state index in [1.54, 1.807) is 18.2 Å². The summed E-state index contributed by atoms with van der Waals surface area (Å²) in [5.74, 6) is -0.225. The van der Waals surface area contributed by atoms with E-state index in [1.807, 2.05) is 41.8 Å². The van der Waals surface area contributed by atoms with Gasteiger partial charge in [-0.15, -0.1) is 11.3 Å². The molecule has 0 spiro atoms. The Kier molecular flexibility index (Phi) is 7.19. The molecule has 1 aliphatic heterocycles.